The van der Waals surface area contributed by atoms with Gasteiger partial charge in [-0.3, -0.25) is 0 Å². The molecule has 3 rings (SSSR count). The summed E-state index contributed by atoms with van der Waals surface area (Å²) in [5.74, 6) is -0.515. The Morgan fingerprint density at radius 1 is 1.44 bits per heavy atom. The van der Waals surface area contributed by atoms with Crippen molar-refractivity contribution in [3.63, 3.8) is 0 Å². The molecular weight excluding hydrogens is 238 g/mol. The molecule has 2 atom stereocenters. The number of aliphatic carboxylic acids is 1. The zero-order valence-corrected chi connectivity index (χ0v) is 9.32. The molecule has 8 nitrogen and oxygen atoms in total. The number of anilines is 1. The van der Waals surface area contributed by atoms with Crippen molar-refractivity contribution in [2.75, 3.05) is 11.4 Å². The first-order valence-corrected chi connectivity index (χ1v) is 5.48. The highest BCUT2D eigenvalue weighted by Crippen LogP contribution is 2.28. The number of hydrogen-bond acceptors (Lipinski definition) is 6. The number of carboxylic acids is 1. The molecule has 1 aliphatic heterocycles. The van der Waals surface area contributed by atoms with Gasteiger partial charge in [0.05, 0.1) is 12.4 Å². The van der Waals surface area contributed by atoms with Gasteiger partial charge in [0.2, 0.25) is 0 Å². The second-order valence-electron chi connectivity index (χ2n) is 4.19. The number of aromatic amines is 1. The highest BCUT2D eigenvalue weighted by Gasteiger charge is 2.37. The van der Waals surface area contributed by atoms with Crippen LogP contribution in [0.1, 0.15) is 6.42 Å². The third kappa shape index (κ3) is 1.58. The number of hydrogen-bond donors (Lipinski definition) is 3. The van der Waals surface area contributed by atoms with Gasteiger partial charge in [0.15, 0.2) is 11.5 Å². The van der Waals surface area contributed by atoms with Crippen molar-refractivity contribution in [1.82, 2.24) is 19.9 Å². The van der Waals surface area contributed by atoms with Gasteiger partial charge in [-0.1, -0.05) is 0 Å². The molecule has 8 heteroatoms. The maximum atomic E-state index is 11.2. The summed E-state index contributed by atoms with van der Waals surface area (Å²) in [5.41, 5.74) is 1.06. The van der Waals surface area contributed by atoms with Crippen LogP contribution in [0.2, 0.25) is 0 Å². The van der Waals surface area contributed by atoms with Crippen molar-refractivity contribution in [2.45, 2.75) is 18.6 Å². The Bertz CT molecular complexity index is 598. The Morgan fingerprint density at radius 3 is 3.06 bits per heavy atom. The zero-order chi connectivity index (χ0) is 12.7. The average Bonchev–Trinajstić information content (AvgIpc) is 2.94. The quantitative estimate of drug-likeness (QED) is 0.649. The summed E-state index contributed by atoms with van der Waals surface area (Å²) in [7, 11) is 0. The summed E-state index contributed by atoms with van der Waals surface area (Å²) in [5, 5.41) is 18.8. The van der Waals surface area contributed by atoms with Gasteiger partial charge in [-0.25, -0.2) is 19.7 Å². The monoisotopic (exact) mass is 249 g/mol. The molecular formula is C10H11N5O3. The van der Waals surface area contributed by atoms with Crippen molar-refractivity contribution < 1.29 is 15.0 Å². The number of H-pyrrole nitrogens is 1. The molecule has 1 fully saturated rings. The Balaban J connectivity index is 2.08. The minimum absolute atomic E-state index is 0.189. The van der Waals surface area contributed by atoms with Crippen LogP contribution in [-0.2, 0) is 4.79 Å². The molecule has 94 valence electrons. The Labute approximate surface area is 101 Å². The number of fused-ring (bicyclic) bond motifs is 1. The van der Waals surface area contributed by atoms with E-state index in [2.05, 4.69) is 19.9 Å². The van der Waals surface area contributed by atoms with E-state index in [0.717, 1.165) is 0 Å². The lowest BCUT2D eigenvalue weighted by Crippen LogP contribution is -2.36. The van der Waals surface area contributed by atoms with Crippen LogP contribution in [0.15, 0.2) is 12.7 Å². The number of nitrogens with zero attached hydrogens (tertiary/aromatic N) is 4. The van der Waals surface area contributed by atoms with Crippen LogP contribution in [0.3, 0.4) is 0 Å². The van der Waals surface area contributed by atoms with Crippen molar-refractivity contribution in [3.05, 3.63) is 12.7 Å². The molecule has 0 unspecified atom stereocenters. The van der Waals surface area contributed by atoms with Crippen LogP contribution < -0.4 is 4.90 Å². The normalized spacial score (nSPS) is 23.7. The lowest BCUT2D eigenvalue weighted by atomic mass is 10.2. The van der Waals surface area contributed by atoms with E-state index in [1.54, 1.807) is 4.90 Å². The van der Waals surface area contributed by atoms with Crippen LogP contribution in [0.5, 0.6) is 0 Å². The number of aromatic nitrogens is 4. The second-order valence-corrected chi connectivity index (χ2v) is 4.19. The summed E-state index contributed by atoms with van der Waals surface area (Å²) in [6.45, 7) is 0.238. The average molecular weight is 249 g/mol. The van der Waals surface area contributed by atoms with Gasteiger partial charge in [0.1, 0.15) is 17.9 Å². The highest BCUT2D eigenvalue weighted by molar-refractivity contribution is 5.87. The van der Waals surface area contributed by atoms with Gasteiger partial charge in [-0.15, -0.1) is 0 Å². The van der Waals surface area contributed by atoms with Crippen LogP contribution in [0, 0.1) is 0 Å². The maximum absolute atomic E-state index is 11.2. The molecule has 0 aromatic carbocycles. The van der Waals surface area contributed by atoms with E-state index >= 15 is 0 Å². The van der Waals surface area contributed by atoms with E-state index in [1.807, 2.05) is 0 Å². The minimum atomic E-state index is -0.974. The van der Waals surface area contributed by atoms with Crippen molar-refractivity contribution in [2.24, 2.45) is 0 Å². The lowest BCUT2D eigenvalue weighted by molar-refractivity contribution is -0.138. The lowest BCUT2D eigenvalue weighted by Gasteiger charge is -2.22. The number of imidazole rings is 1. The number of aliphatic hydroxyl groups is 1. The first-order chi connectivity index (χ1) is 8.66. The summed E-state index contributed by atoms with van der Waals surface area (Å²) >= 11 is 0. The van der Waals surface area contributed by atoms with E-state index in [1.165, 1.54) is 12.7 Å². The molecule has 1 saturated heterocycles. The Hall–Kier alpha value is -2.22. The largest absolute Gasteiger partial charge is 0.480 e. The van der Waals surface area contributed by atoms with E-state index in [9.17, 15) is 9.90 Å². The van der Waals surface area contributed by atoms with Gasteiger partial charge in [0.25, 0.3) is 0 Å². The molecule has 2 aromatic rings. The van der Waals surface area contributed by atoms with Crippen LogP contribution in [-0.4, -0.2) is 54.8 Å². The molecule has 0 radical (unpaired) electrons. The van der Waals surface area contributed by atoms with E-state index in [-0.39, 0.29) is 13.0 Å². The SMILES string of the molecule is O=C(O)[C@@H]1C[C@H](O)CN1c1ncnc2nc[nH]c12. The molecule has 18 heavy (non-hydrogen) atoms. The Kier molecular flexibility index (Phi) is 2.37. The summed E-state index contributed by atoms with van der Waals surface area (Å²) in [6.07, 6.45) is 2.33. The number of aliphatic hydroxyl groups excluding tert-OH is 1. The molecule has 1 aliphatic rings. The van der Waals surface area contributed by atoms with Crippen LogP contribution >= 0.6 is 0 Å². The summed E-state index contributed by atoms with van der Waals surface area (Å²) < 4.78 is 0. The molecule has 3 heterocycles. The summed E-state index contributed by atoms with van der Waals surface area (Å²) in [4.78, 5) is 27.7. The smallest absolute Gasteiger partial charge is 0.326 e. The van der Waals surface area contributed by atoms with Gasteiger partial charge in [0, 0.05) is 13.0 Å². The van der Waals surface area contributed by atoms with E-state index < -0.39 is 18.1 Å². The Morgan fingerprint density at radius 2 is 2.28 bits per heavy atom. The number of carboxylic acid groups (broad SMARTS) is 1. The topological polar surface area (TPSA) is 115 Å². The second kappa shape index (κ2) is 3.91. The fourth-order valence-electron chi connectivity index (χ4n) is 2.25. The summed E-state index contributed by atoms with van der Waals surface area (Å²) in [6, 6.07) is -0.776. The molecule has 0 saturated carbocycles. The van der Waals surface area contributed by atoms with Crippen molar-refractivity contribution >= 4 is 23.0 Å². The number of β-amino-alcohol motifs (C(OH)–C–C–N with tert-alkyl or cyclic N) is 1. The van der Waals surface area contributed by atoms with Crippen molar-refractivity contribution in [3.8, 4) is 0 Å². The fraction of sp³-hybridized carbons (Fsp3) is 0.400. The molecule has 2 aromatic heterocycles. The first-order valence-electron chi connectivity index (χ1n) is 5.48. The minimum Gasteiger partial charge on any atom is -0.480 e. The van der Waals surface area contributed by atoms with Crippen LogP contribution in [0.4, 0.5) is 5.82 Å². The van der Waals surface area contributed by atoms with Gasteiger partial charge in [-0.05, 0) is 0 Å². The van der Waals surface area contributed by atoms with E-state index in [0.29, 0.717) is 17.0 Å². The van der Waals surface area contributed by atoms with Crippen LogP contribution in [0.25, 0.3) is 11.2 Å². The molecule has 0 aliphatic carbocycles. The van der Waals surface area contributed by atoms with Gasteiger partial charge in [-0.2, -0.15) is 0 Å². The molecule has 3 N–H and O–H groups in total. The molecule has 0 bridgehead atoms. The third-order valence-corrected chi connectivity index (χ3v) is 3.04. The van der Waals surface area contributed by atoms with Gasteiger partial charge < -0.3 is 20.1 Å². The standard InChI is InChI=1S/C10H11N5O3/c16-5-1-6(10(17)18)15(2-5)9-7-8(12-3-11-7)13-4-14-9/h3-6,16H,1-2H2,(H,17,18)(H,11,12,13,14)/t5-,6-/m0/s1. The predicted molar refractivity (Wildman–Crippen MR) is 61.1 cm³/mol. The number of rotatable bonds is 2. The van der Waals surface area contributed by atoms with Crippen molar-refractivity contribution in [1.29, 1.82) is 0 Å². The number of nitrogens with one attached hydrogen (secondary N) is 1. The number of carbonyl (C=O) groups is 1. The molecule has 0 amide bonds. The fourth-order valence-corrected chi connectivity index (χ4v) is 2.25. The zero-order valence-electron chi connectivity index (χ0n) is 9.32. The highest BCUT2D eigenvalue weighted by atomic mass is 16.4. The maximum Gasteiger partial charge on any atom is 0.326 e. The predicted octanol–water partition coefficient (Wildman–Crippen LogP) is -0.623. The third-order valence-electron chi connectivity index (χ3n) is 3.04. The van der Waals surface area contributed by atoms with E-state index in [4.69, 9.17) is 5.11 Å². The van der Waals surface area contributed by atoms with Gasteiger partial charge >= 0.3 is 5.97 Å². The molecule has 0 spiro atoms. The first kappa shape index (κ1) is 10.9.